The van der Waals surface area contributed by atoms with E-state index in [1.807, 2.05) is 30.5 Å². The molecular weight excluding hydrogens is 511 g/mol. The average Bonchev–Trinajstić information content (AvgIpc) is 2.90. The van der Waals surface area contributed by atoms with Gasteiger partial charge in [0.2, 0.25) is 5.95 Å². The standard InChI is InChI=1S/C26H20Cl2N8O/c27-19-4-3-5-20(28)22(19)36-23(29)18-13-31-25(33-24(18)34-26(36)37)32-17-8-7-16-14-35(11-9-15(16)12-17)21-6-1-2-10-30-21/h1-8,10,12-13,29H,9,11,14H2,(H2,31,32,33,34,37). The van der Waals surface area contributed by atoms with E-state index < -0.39 is 5.69 Å². The van der Waals surface area contributed by atoms with Crippen LogP contribution in [0.15, 0.2) is 71.8 Å². The lowest BCUT2D eigenvalue weighted by Crippen LogP contribution is -2.34. The molecular formula is C26H20Cl2N8O. The summed E-state index contributed by atoms with van der Waals surface area (Å²) in [6.45, 7) is 1.67. The van der Waals surface area contributed by atoms with Crippen LogP contribution >= 0.6 is 23.2 Å². The number of nitrogens with one attached hydrogen (secondary N) is 3. The monoisotopic (exact) mass is 530 g/mol. The van der Waals surface area contributed by atoms with Crippen molar-refractivity contribution in [3.8, 4) is 5.69 Å². The van der Waals surface area contributed by atoms with Crippen molar-refractivity contribution in [2.45, 2.75) is 13.0 Å². The van der Waals surface area contributed by atoms with Crippen LogP contribution in [0.25, 0.3) is 16.7 Å². The van der Waals surface area contributed by atoms with E-state index in [1.54, 1.807) is 18.2 Å². The highest BCUT2D eigenvalue weighted by Gasteiger charge is 2.18. The molecule has 0 atom stereocenters. The molecule has 0 saturated carbocycles. The summed E-state index contributed by atoms with van der Waals surface area (Å²) in [6.07, 6.45) is 4.19. The molecule has 0 bridgehead atoms. The van der Waals surface area contributed by atoms with Gasteiger partial charge in [-0.3, -0.25) is 10.4 Å². The minimum Gasteiger partial charge on any atom is -0.352 e. The summed E-state index contributed by atoms with van der Waals surface area (Å²) in [6, 6.07) is 17.0. The number of H-pyrrole nitrogens is 1. The summed E-state index contributed by atoms with van der Waals surface area (Å²) >= 11 is 12.6. The Morgan fingerprint density at radius 1 is 1.00 bits per heavy atom. The highest BCUT2D eigenvalue weighted by Crippen LogP contribution is 2.28. The van der Waals surface area contributed by atoms with Crippen molar-refractivity contribution in [2.75, 3.05) is 16.8 Å². The first-order valence-electron chi connectivity index (χ1n) is 11.5. The van der Waals surface area contributed by atoms with Gasteiger partial charge in [0, 0.05) is 31.2 Å². The number of fused-ring (bicyclic) bond motifs is 2. The number of halogens is 2. The second kappa shape index (κ2) is 9.34. The lowest BCUT2D eigenvalue weighted by molar-refractivity contribution is 0.721. The summed E-state index contributed by atoms with van der Waals surface area (Å²) in [4.78, 5) is 31.2. The lowest BCUT2D eigenvalue weighted by Gasteiger charge is -2.30. The summed E-state index contributed by atoms with van der Waals surface area (Å²) in [5, 5.41) is 12.7. The number of pyridine rings is 1. The van der Waals surface area contributed by atoms with Crippen molar-refractivity contribution >= 4 is 51.7 Å². The predicted molar refractivity (Wildman–Crippen MR) is 144 cm³/mol. The number of benzene rings is 2. The van der Waals surface area contributed by atoms with E-state index in [0.717, 1.165) is 35.6 Å². The zero-order valence-corrected chi connectivity index (χ0v) is 20.9. The first-order valence-corrected chi connectivity index (χ1v) is 12.3. The molecule has 5 aromatic rings. The molecule has 9 nitrogen and oxygen atoms in total. The number of aromatic amines is 1. The minimum absolute atomic E-state index is 0.119. The van der Waals surface area contributed by atoms with E-state index in [9.17, 15) is 4.79 Å². The maximum Gasteiger partial charge on any atom is 0.333 e. The van der Waals surface area contributed by atoms with E-state index in [1.165, 1.54) is 17.3 Å². The lowest BCUT2D eigenvalue weighted by atomic mass is 9.99. The van der Waals surface area contributed by atoms with E-state index in [4.69, 9.17) is 28.6 Å². The Kier molecular flexibility index (Phi) is 5.86. The van der Waals surface area contributed by atoms with Gasteiger partial charge in [0.05, 0.1) is 21.1 Å². The third-order valence-corrected chi connectivity index (χ3v) is 6.92. The Morgan fingerprint density at radius 2 is 1.84 bits per heavy atom. The van der Waals surface area contributed by atoms with Crippen LogP contribution in [0.4, 0.5) is 17.5 Å². The number of para-hydroxylation sites is 1. The maximum absolute atomic E-state index is 12.9. The second-order valence-electron chi connectivity index (χ2n) is 8.61. The molecule has 4 heterocycles. The fourth-order valence-electron chi connectivity index (χ4n) is 4.50. The van der Waals surface area contributed by atoms with Gasteiger partial charge in [-0.15, -0.1) is 0 Å². The molecule has 2 aromatic carbocycles. The highest BCUT2D eigenvalue weighted by molar-refractivity contribution is 6.37. The van der Waals surface area contributed by atoms with Crippen LogP contribution in [0.5, 0.6) is 0 Å². The molecule has 0 radical (unpaired) electrons. The fourth-order valence-corrected chi connectivity index (χ4v) is 5.07. The van der Waals surface area contributed by atoms with Crippen LogP contribution in [0.3, 0.4) is 0 Å². The van der Waals surface area contributed by atoms with Crippen LogP contribution in [-0.2, 0) is 13.0 Å². The molecule has 3 aromatic heterocycles. The van der Waals surface area contributed by atoms with Crippen LogP contribution in [0, 0.1) is 5.41 Å². The second-order valence-corrected chi connectivity index (χ2v) is 9.42. The largest absolute Gasteiger partial charge is 0.352 e. The smallest absolute Gasteiger partial charge is 0.333 e. The Morgan fingerprint density at radius 3 is 2.62 bits per heavy atom. The third kappa shape index (κ3) is 4.32. The van der Waals surface area contributed by atoms with Gasteiger partial charge < -0.3 is 10.2 Å². The third-order valence-electron chi connectivity index (χ3n) is 6.31. The van der Waals surface area contributed by atoms with Crippen molar-refractivity contribution in [3.63, 3.8) is 0 Å². The molecule has 11 heteroatoms. The SMILES string of the molecule is N=c1c2cnc(Nc3ccc4c(c3)CCN(c3ccccn3)C4)nc2[nH]c(=O)n1-c1c(Cl)cccc1Cl. The number of hydrogen-bond acceptors (Lipinski definition) is 7. The normalized spacial score (nSPS) is 13.0. The summed E-state index contributed by atoms with van der Waals surface area (Å²) in [5.74, 6) is 1.28. The molecule has 0 fully saturated rings. The molecule has 184 valence electrons. The van der Waals surface area contributed by atoms with Gasteiger partial charge in [-0.05, 0) is 53.9 Å². The molecule has 6 rings (SSSR count). The molecule has 1 aliphatic rings. The van der Waals surface area contributed by atoms with Gasteiger partial charge in [0.1, 0.15) is 11.3 Å². The van der Waals surface area contributed by atoms with Crippen molar-refractivity contribution < 1.29 is 0 Å². The molecule has 37 heavy (non-hydrogen) atoms. The summed E-state index contributed by atoms with van der Waals surface area (Å²) in [7, 11) is 0. The molecule has 3 N–H and O–H groups in total. The molecule has 0 saturated heterocycles. The van der Waals surface area contributed by atoms with Crippen molar-refractivity contribution in [3.05, 3.63) is 104 Å². The Balaban J connectivity index is 1.29. The van der Waals surface area contributed by atoms with Gasteiger partial charge >= 0.3 is 5.69 Å². The minimum atomic E-state index is -0.580. The van der Waals surface area contributed by atoms with Gasteiger partial charge in [0.25, 0.3) is 0 Å². The maximum atomic E-state index is 12.9. The van der Waals surface area contributed by atoms with Gasteiger partial charge in [-0.2, -0.15) is 4.98 Å². The van der Waals surface area contributed by atoms with Crippen LogP contribution in [-0.4, -0.2) is 31.0 Å². The molecule has 0 amide bonds. The zero-order valence-electron chi connectivity index (χ0n) is 19.4. The van der Waals surface area contributed by atoms with E-state index >= 15 is 0 Å². The van der Waals surface area contributed by atoms with E-state index in [2.05, 4.69) is 42.3 Å². The Labute approximate surface area is 220 Å². The average molecular weight is 531 g/mol. The number of rotatable bonds is 4. The fraction of sp³-hybridized carbons (Fsp3) is 0.115. The summed E-state index contributed by atoms with van der Waals surface area (Å²) < 4.78 is 1.11. The first kappa shape index (κ1) is 23.2. The topological polar surface area (TPSA) is 116 Å². The number of anilines is 3. The number of aromatic nitrogens is 5. The van der Waals surface area contributed by atoms with Crippen LogP contribution in [0.2, 0.25) is 10.0 Å². The van der Waals surface area contributed by atoms with E-state index in [-0.39, 0.29) is 26.9 Å². The molecule has 0 aliphatic carbocycles. The molecule has 0 spiro atoms. The zero-order chi connectivity index (χ0) is 25.5. The first-order chi connectivity index (χ1) is 18.0. The predicted octanol–water partition coefficient (Wildman–Crippen LogP) is 4.60. The highest BCUT2D eigenvalue weighted by atomic mass is 35.5. The van der Waals surface area contributed by atoms with Gasteiger partial charge in [0.15, 0.2) is 5.65 Å². The van der Waals surface area contributed by atoms with Crippen LogP contribution < -0.4 is 21.4 Å². The number of nitrogens with zero attached hydrogens (tertiary/aromatic N) is 5. The molecule has 0 unspecified atom stereocenters. The van der Waals surface area contributed by atoms with Crippen LogP contribution in [0.1, 0.15) is 11.1 Å². The Bertz CT molecular complexity index is 1750. The number of hydrogen-bond donors (Lipinski definition) is 3. The van der Waals surface area contributed by atoms with Crippen molar-refractivity contribution in [1.82, 2.24) is 24.5 Å². The van der Waals surface area contributed by atoms with E-state index in [0.29, 0.717) is 11.3 Å². The van der Waals surface area contributed by atoms with Crippen molar-refractivity contribution in [1.29, 1.82) is 5.41 Å². The summed E-state index contributed by atoms with van der Waals surface area (Å²) in [5.41, 5.74) is 3.10. The van der Waals surface area contributed by atoms with Gasteiger partial charge in [-0.1, -0.05) is 41.4 Å². The Hall–Kier alpha value is -4.21. The van der Waals surface area contributed by atoms with Crippen molar-refractivity contribution in [2.24, 2.45) is 0 Å². The van der Waals surface area contributed by atoms with Gasteiger partial charge in [-0.25, -0.2) is 19.3 Å². The molecule has 1 aliphatic heterocycles. The quantitative estimate of drug-likeness (QED) is 0.312.